The summed E-state index contributed by atoms with van der Waals surface area (Å²) in [6, 6.07) is 54.9. The van der Waals surface area contributed by atoms with Gasteiger partial charge in [-0.3, -0.25) is 0 Å². The van der Waals surface area contributed by atoms with E-state index in [0.29, 0.717) is 11.5 Å². The maximum absolute atomic E-state index is 9.78. The van der Waals surface area contributed by atoms with Gasteiger partial charge in [0.1, 0.15) is 11.8 Å². The summed E-state index contributed by atoms with van der Waals surface area (Å²) in [5, 5.41) is 14.9. The van der Waals surface area contributed by atoms with E-state index in [9.17, 15) is 5.26 Å². The molecular formula is C35H25N3Si. The summed E-state index contributed by atoms with van der Waals surface area (Å²) >= 11 is 0. The number of hydrogen-bond donors (Lipinski definition) is 0. The molecule has 0 aliphatic carbocycles. The van der Waals surface area contributed by atoms with Crippen molar-refractivity contribution >= 4 is 28.8 Å². The Morgan fingerprint density at radius 2 is 0.923 bits per heavy atom. The highest BCUT2D eigenvalue weighted by Gasteiger charge is 2.41. The van der Waals surface area contributed by atoms with Gasteiger partial charge in [0, 0.05) is 17.2 Å². The molecule has 6 rings (SSSR count). The van der Waals surface area contributed by atoms with E-state index in [1.807, 2.05) is 36.4 Å². The van der Waals surface area contributed by atoms with Gasteiger partial charge in [0.25, 0.3) is 0 Å². The van der Waals surface area contributed by atoms with E-state index < -0.39 is 8.07 Å². The first kappa shape index (κ1) is 24.2. The minimum Gasteiger partial charge on any atom is -0.228 e. The molecule has 0 saturated carbocycles. The van der Waals surface area contributed by atoms with Gasteiger partial charge in [-0.05, 0) is 20.7 Å². The molecule has 0 amide bonds. The van der Waals surface area contributed by atoms with Crippen molar-refractivity contribution in [2.24, 2.45) is 0 Å². The van der Waals surface area contributed by atoms with Gasteiger partial charge >= 0.3 is 0 Å². The van der Waals surface area contributed by atoms with Crippen LogP contribution in [0.1, 0.15) is 5.69 Å². The monoisotopic (exact) mass is 515 g/mol. The molecule has 6 aromatic rings. The topological polar surface area (TPSA) is 49.6 Å². The first-order valence-electron chi connectivity index (χ1n) is 12.9. The van der Waals surface area contributed by atoms with Crippen LogP contribution < -0.4 is 20.7 Å². The summed E-state index contributed by atoms with van der Waals surface area (Å²) in [6.45, 7) is 0. The molecule has 0 aliphatic rings. The lowest BCUT2D eigenvalue weighted by Gasteiger charge is -2.34. The van der Waals surface area contributed by atoms with Gasteiger partial charge < -0.3 is 0 Å². The summed E-state index contributed by atoms with van der Waals surface area (Å²) in [4.78, 5) is 9.55. The van der Waals surface area contributed by atoms with Crippen molar-refractivity contribution in [3.05, 3.63) is 157 Å². The Bertz CT molecular complexity index is 1650. The minimum atomic E-state index is -2.68. The van der Waals surface area contributed by atoms with Gasteiger partial charge in [-0.1, -0.05) is 146 Å². The van der Waals surface area contributed by atoms with Crippen molar-refractivity contribution in [1.29, 1.82) is 5.26 Å². The van der Waals surface area contributed by atoms with Crippen molar-refractivity contribution < 1.29 is 0 Å². The Balaban J connectivity index is 1.62. The quantitative estimate of drug-likeness (QED) is 0.230. The molecule has 0 bridgehead atoms. The van der Waals surface area contributed by atoms with Gasteiger partial charge in [-0.15, -0.1) is 0 Å². The third-order valence-corrected chi connectivity index (χ3v) is 11.9. The highest BCUT2D eigenvalue weighted by molar-refractivity contribution is 7.19. The zero-order chi connectivity index (χ0) is 26.5. The molecule has 39 heavy (non-hydrogen) atoms. The van der Waals surface area contributed by atoms with Crippen LogP contribution in [0.3, 0.4) is 0 Å². The molecule has 4 heteroatoms. The van der Waals surface area contributed by atoms with Crippen LogP contribution in [-0.4, -0.2) is 18.0 Å². The van der Waals surface area contributed by atoms with E-state index in [0.717, 1.165) is 16.8 Å². The number of hydrogen-bond acceptors (Lipinski definition) is 3. The summed E-state index contributed by atoms with van der Waals surface area (Å²) in [5.74, 6) is 0.548. The van der Waals surface area contributed by atoms with Crippen LogP contribution in [0.25, 0.3) is 22.6 Å². The van der Waals surface area contributed by atoms with E-state index in [4.69, 9.17) is 4.98 Å². The van der Waals surface area contributed by atoms with E-state index in [2.05, 4.69) is 120 Å². The minimum absolute atomic E-state index is 0.349. The number of nitrogens with zero attached hydrogens (tertiary/aromatic N) is 3. The summed E-state index contributed by atoms with van der Waals surface area (Å²) in [6.07, 6.45) is 0. The van der Waals surface area contributed by atoms with Crippen molar-refractivity contribution in [3.8, 4) is 28.7 Å². The molecule has 0 atom stereocenters. The third kappa shape index (κ3) is 4.57. The highest BCUT2D eigenvalue weighted by atomic mass is 28.3. The maximum atomic E-state index is 9.78. The lowest BCUT2D eigenvalue weighted by atomic mass is 10.1. The van der Waals surface area contributed by atoms with Crippen LogP contribution in [0.4, 0.5) is 0 Å². The Kier molecular flexibility index (Phi) is 6.65. The van der Waals surface area contributed by atoms with Crippen LogP contribution in [-0.2, 0) is 0 Å². The first-order valence-corrected chi connectivity index (χ1v) is 14.9. The number of rotatable bonds is 6. The molecule has 184 valence electrons. The van der Waals surface area contributed by atoms with E-state index in [1.54, 1.807) is 6.07 Å². The van der Waals surface area contributed by atoms with E-state index in [1.165, 1.54) is 20.7 Å². The largest absolute Gasteiger partial charge is 0.228 e. The predicted molar refractivity (Wildman–Crippen MR) is 161 cm³/mol. The Morgan fingerprint density at radius 3 is 1.44 bits per heavy atom. The van der Waals surface area contributed by atoms with Crippen molar-refractivity contribution in [2.75, 3.05) is 0 Å². The lowest BCUT2D eigenvalue weighted by Crippen LogP contribution is -2.74. The van der Waals surface area contributed by atoms with Crippen LogP contribution in [0.5, 0.6) is 0 Å². The summed E-state index contributed by atoms with van der Waals surface area (Å²) in [7, 11) is -2.68. The van der Waals surface area contributed by atoms with Crippen LogP contribution >= 0.6 is 0 Å². The number of benzene rings is 5. The Hall–Kier alpha value is -5.11. The van der Waals surface area contributed by atoms with Crippen LogP contribution in [0.15, 0.2) is 152 Å². The standard InChI is InChI=1S/C35H25N3Si/c36-26-29-25-34(27-14-5-1-6-15-27)38-35(37-29)28-16-13-23-33(24-28)39(30-17-7-2-8-18-30,31-19-9-3-10-20-31)32-21-11-4-12-22-32/h1-25H. The second kappa shape index (κ2) is 10.7. The van der Waals surface area contributed by atoms with Crippen LogP contribution in [0.2, 0.25) is 0 Å². The fourth-order valence-corrected chi connectivity index (χ4v) is 10.1. The SMILES string of the molecule is N#Cc1cc(-c2ccccc2)nc(-c2cccc([Si](c3ccccc3)(c3ccccc3)c3ccccc3)c2)n1. The molecule has 0 aliphatic heterocycles. The molecular weight excluding hydrogens is 490 g/mol. The molecule has 0 unspecified atom stereocenters. The van der Waals surface area contributed by atoms with Gasteiger partial charge in [-0.2, -0.15) is 5.26 Å². The molecule has 1 heterocycles. The zero-order valence-corrected chi connectivity index (χ0v) is 22.3. The smallest absolute Gasteiger partial charge is 0.179 e. The van der Waals surface area contributed by atoms with E-state index >= 15 is 0 Å². The molecule has 0 fully saturated rings. The van der Waals surface area contributed by atoms with Gasteiger partial charge in [0.05, 0.1) is 5.69 Å². The van der Waals surface area contributed by atoms with Crippen molar-refractivity contribution in [2.45, 2.75) is 0 Å². The zero-order valence-electron chi connectivity index (χ0n) is 21.3. The fraction of sp³-hybridized carbons (Fsp3) is 0. The van der Waals surface area contributed by atoms with Gasteiger partial charge in [0.15, 0.2) is 13.9 Å². The molecule has 0 saturated heterocycles. The Labute approximate surface area is 229 Å². The molecule has 3 nitrogen and oxygen atoms in total. The molecule has 0 spiro atoms. The van der Waals surface area contributed by atoms with Gasteiger partial charge in [-0.25, -0.2) is 9.97 Å². The normalized spacial score (nSPS) is 11.1. The van der Waals surface area contributed by atoms with Crippen LogP contribution in [0, 0.1) is 11.3 Å². The van der Waals surface area contributed by atoms with Crippen molar-refractivity contribution in [1.82, 2.24) is 9.97 Å². The lowest BCUT2D eigenvalue weighted by molar-refractivity contribution is 1.15. The average molecular weight is 516 g/mol. The van der Waals surface area contributed by atoms with E-state index in [-0.39, 0.29) is 0 Å². The summed E-state index contributed by atoms with van der Waals surface area (Å²) in [5.41, 5.74) is 2.93. The molecule has 5 aromatic carbocycles. The molecule has 1 aromatic heterocycles. The number of nitriles is 1. The van der Waals surface area contributed by atoms with Gasteiger partial charge in [0.2, 0.25) is 0 Å². The third-order valence-electron chi connectivity index (χ3n) is 7.08. The summed E-state index contributed by atoms with van der Waals surface area (Å²) < 4.78 is 0. The molecule has 0 N–H and O–H groups in total. The maximum Gasteiger partial charge on any atom is 0.179 e. The fourth-order valence-electron chi connectivity index (χ4n) is 5.35. The first-order chi connectivity index (χ1) is 19.3. The predicted octanol–water partition coefficient (Wildman–Crippen LogP) is 5.06. The molecule has 0 radical (unpaired) electrons. The highest BCUT2D eigenvalue weighted by Crippen LogP contribution is 2.23. The second-order valence-electron chi connectivity index (χ2n) is 9.37. The second-order valence-corrected chi connectivity index (χ2v) is 13.2. The average Bonchev–Trinajstić information content (AvgIpc) is 3.03. The Morgan fingerprint density at radius 1 is 0.462 bits per heavy atom. The van der Waals surface area contributed by atoms with Crippen molar-refractivity contribution in [3.63, 3.8) is 0 Å². The number of aromatic nitrogens is 2.